The highest BCUT2D eigenvalue weighted by atomic mass is 16.5. The number of methoxy groups -OCH3 is 1. The van der Waals surface area contributed by atoms with Gasteiger partial charge in [-0.3, -0.25) is 4.79 Å². The average Bonchev–Trinajstić information content (AvgIpc) is 3.05. The molecule has 0 fully saturated rings. The lowest BCUT2D eigenvalue weighted by Crippen LogP contribution is -2.29. The number of aryl methyl sites for hydroxylation is 1. The SMILES string of the molecule is CCOc1ccc(/C=C/C(=O)OC(C)C(=O)Nc2cc(C)on2)cc1OC. The molecule has 1 atom stereocenters. The number of esters is 1. The summed E-state index contributed by atoms with van der Waals surface area (Å²) >= 11 is 0. The van der Waals surface area contributed by atoms with Crippen LogP contribution in [0.2, 0.25) is 0 Å². The number of anilines is 1. The van der Waals surface area contributed by atoms with Crippen molar-refractivity contribution in [1.29, 1.82) is 0 Å². The Morgan fingerprint density at radius 1 is 1.30 bits per heavy atom. The molecule has 0 bridgehead atoms. The van der Waals surface area contributed by atoms with E-state index in [1.807, 2.05) is 6.92 Å². The summed E-state index contributed by atoms with van der Waals surface area (Å²) in [7, 11) is 1.54. The van der Waals surface area contributed by atoms with Crippen molar-refractivity contribution >= 4 is 23.8 Å². The van der Waals surface area contributed by atoms with Gasteiger partial charge in [0, 0.05) is 12.1 Å². The monoisotopic (exact) mass is 374 g/mol. The Labute approximate surface area is 157 Å². The third-order valence-electron chi connectivity index (χ3n) is 3.44. The van der Waals surface area contributed by atoms with Gasteiger partial charge in [0.2, 0.25) is 0 Å². The molecule has 1 aromatic carbocycles. The average molecular weight is 374 g/mol. The standard InChI is InChI=1S/C19H22N2O6/c1-5-25-15-8-6-14(11-16(15)24-4)7-9-18(22)26-13(3)19(23)20-17-10-12(2)27-21-17/h6-11,13H,5H2,1-4H3,(H,20,21,23)/b9-7+. The largest absolute Gasteiger partial charge is 0.493 e. The van der Waals surface area contributed by atoms with E-state index >= 15 is 0 Å². The van der Waals surface area contributed by atoms with Crippen molar-refractivity contribution in [3.05, 3.63) is 41.7 Å². The second kappa shape index (κ2) is 9.42. The molecule has 27 heavy (non-hydrogen) atoms. The number of aromatic nitrogens is 1. The molecule has 1 heterocycles. The third kappa shape index (κ3) is 5.88. The molecule has 144 valence electrons. The van der Waals surface area contributed by atoms with Crippen LogP contribution in [0.25, 0.3) is 6.08 Å². The van der Waals surface area contributed by atoms with Gasteiger partial charge in [0.15, 0.2) is 23.4 Å². The molecule has 1 N–H and O–H groups in total. The van der Waals surface area contributed by atoms with E-state index in [-0.39, 0.29) is 5.82 Å². The fourth-order valence-corrected chi connectivity index (χ4v) is 2.15. The van der Waals surface area contributed by atoms with Crippen molar-refractivity contribution < 1.29 is 28.3 Å². The topological polar surface area (TPSA) is 99.9 Å². The van der Waals surface area contributed by atoms with Crippen molar-refractivity contribution in [3.8, 4) is 11.5 Å². The van der Waals surface area contributed by atoms with E-state index in [0.717, 1.165) is 5.56 Å². The van der Waals surface area contributed by atoms with Gasteiger partial charge in [-0.15, -0.1) is 0 Å². The second-order valence-corrected chi connectivity index (χ2v) is 5.57. The van der Waals surface area contributed by atoms with Crippen LogP contribution in [0.15, 0.2) is 34.9 Å². The van der Waals surface area contributed by atoms with Gasteiger partial charge >= 0.3 is 5.97 Å². The van der Waals surface area contributed by atoms with Crippen LogP contribution in [0, 0.1) is 6.92 Å². The number of benzene rings is 1. The molecule has 0 radical (unpaired) electrons. The van der Waals surface area contributed by atoms with Crippen LogP contribution >= 0.6 is 0 Å². The molecule has 1 unspecified atom stereocenters. The Balaban J connectivity index is 1.93. The normalized spacial score (nSPS) is 11.9. The molecule has 0 aliphatic heterocycles. The Kier molecular flexibility index (Phi) is 6.99. The summed E-state index contributed by atoms with van der Waals surface area (Å²) in [6.07, 6.45) is 1.81. The van der Waals surface area contributed by atoms with E-state index in [1.165, 1.54) is 20.1 Å². The number of ether oxygens (including phenoxy) is 3. The van der Waals surface area contributed by atoms with Crippen molar-refractivity contribution in [3.63, 3.8) is 0 Å². The Bertz CT molecular complexity index is 827. The Morgan fingerprint density at radius 3 is 2.70 bits per heavy atom. The summed E-state index contributed by atoms with van der Waals surface area (Å²) in [5, 5.41) is 6.15. The number of hydrogen-bond acceptors (Lipinski definition) is 7. The van der Waals surface area contributed by atoms with Crippen molar-refractivity contribution in [2.45, 2.75) is 26.9 Å². The van der Waals surface area contributed by atoms with Crippen LogP contribution in [-0.2, 0) is 14.3 Å². The van der Waals surface area contributed by atoms with Gasteiger partial charge in [0.05, 0.1) is 13.7 Å². The van der Waals surface area contributed by atoms with Crippen LogP contribution in [0.3, 0.4) is 0 Å². The zero-order valence-corrected chi connectivity index (χ0v) is 15.6. The molecule has 0 saturated carbocycles. The third-order valence-corrected chi connectivity index (χ3v) is 3.44. The molecular weight excluding hydrogens is 352 g/mol. The van der Waals surface area contributed by atoms with Gasteiger partial charge in [-0.2, -0.15) is 0 Å². The summed E-state index contributed by atoms with van der Waals surface area (Å²) in [5.74, 6) is 0.840. The molecule has 0 aliphatic rings. The van der Waals surface area contributed by atoms with E-state index in [9.17, 15) is 9.59 Å². The van der Waals surface area contributed by atoms with Crippen molar-refractivity contribution in [2.75, 3.05) is 19.0 Å². The highest BCUT2D eigenvalue weighted by Gasteiger charge is 2.18. The van der Waals surface area contributed by atoms with Crippen LogP contribution < -0.4 is 14.8 Å². The lowest BCUT2D eigenvalue weighted by atomic mass is 10.2. The van der Waals surface area contributed by atoms with Gasteiger partial charge in [0.1, 0.15) is 5.76 Å². The molecule has 2 aromatic rings. The molecule has 8 heteroatoms. The zero-order chi connectivity index (χ0) is 19.8. The van der Waals surface area contributed by atoms with E-state index < -0.39 is 18.0 Å². The first-order chi connectivity index (χ1) is 12.9. The Hall–Kier alpha value is -3.29. The lowest BCUT2D eigenvalue weighted by molar-refractivity contribution is -0.148. The maximum absolute atomic E-state index is 12.0. The second-order valence-electron chi connectivity index (χ2n) is 5.57. The molecule has 1 amide bonds. The number of carbonyl (C=O) groups is 2. The van der Waals surface area contributed by atoms with Crippen molar-refractivity contribution in [2.24, 2.45) is 0 Å². The summed E-state index contributed by atoms with van der Waals surface area (Å²) in [6, 6.07) is 6.83. The number of nitrogens with zero attached hydrogens (tertiary/aromatic N) is 1. The van der Waals surface area contributed by atoms with Gasteiger partial charge in [-0.05, 0) is 44.5 Å². The highest BCUT2D eigenvalue weighted by molar-refractivity contribution is 5.96. The van der Waals surface area contributed by atoms with Crippen LogP contribution in [0.1, 0.15) is 25.2 Å². The van der Waals surface area contributed by atoms with Crippen molar-refractivity contribution in [1.82, 2.24) is 5.16 Å². The van der Waals surface area contributed by atoms with Gasteiger partial charge in [0.25, 0.3) is 5.91 Å². The van der Waals surface area contributed by atoms with E-state index in [4.69, 9.17) is 18.7 Å². The van der Waals surface area contributed by atoms with E-state index in [0.29, 0.717) is 23.9 Å². The van der Waals surface area contributed by atoms with E-state index in [2.05, 4.69) is 10.5 Å². The maximum Gasteiger partial charge on any atom is 0.331 e. The minimum atomic E-state index is -0.992. The minimum absolute atomic E-state index is 0.262. The Morgan fingerprint density at radius 2 is 2.07 bits per heavy atom. The quantitative estimate of drug-likeness (QED) is 0.560. The first-order valence-electron chi connectivity index (χ1n) is 8.36. The van der Waals surface area contributed by atoms with Gasteiger partial charge < -0.3 is 24.1 Å². The van der Waals surface area contributed by atoms with Gasteiger partial charge in [-0.1, -0.05) is 11.2 Å². The molecule has 0 saturated heterocycles. The van der Waals surface area contributed by atoms with Crippen LogP contribution in [0.4, 0.5) is 5.82 Å². The summed E-state index contributed by atoms with van der Waals surface area (Å²) in [5.41, 5.74) is 0.724. The molecule has 2 rings (SSSR count). The number of carbonyl (C=O) groups excluding carboxylic acids is 2. The molecule has 8 nitrogen and oxygen atoms in total. The maximum atomic E-state index is 12.0. The minimum Gasteiger partial charge on any atom is -0.493 e. The van der Waals surface area contributed by atoms with Gasteiger partial charge in [-0.25, -0.2) is 4.79 Å². The first kappa shape index (κ1) is 20.0. The molecule has 1 aromatic heterocycles. The molecule has 0 aliphatic carbocycles. The fourth-order valence-electron chi connectivity index (χ4n) is 2.15. The summed E-state index contributed by atoms with van der Waals surface area (Å²) < 4.78 is 20.6. The number of amides is 1. The summed E-state index contributed by atoms with van der Waals surface area (Å²) in [4.78, 5) is 23.9. The van der Waals surface area contributed by atoms with E-state index in [1.54, 1.807) is 37.3 Å². The number of rotatable bonds is 8. The fraction of sp³-hybridized carbons (Fsp3) is 0.316. The zero-order valence-electron chi connectivity index (χ0n) is 15.6. The predicted molar refractivity (Wildman–Crippen MR) is 98.6 cm³/mol. The van der Waals surface area contributed by atoms with Crippen LogP contribution in [-0.4, -0.2) is 36.9 Å². The predicted octanol–water partition coefficient (Wildman–Crippen LogP) is 2.97. The molecular formula is C19H22N2O6. The first-order valence-corrected chi connectivity index (χ1v) is 8.36. The number of hydrogen-bond donors (Lipinski definition) is 1. The summed E-state index contributed by atoms with van der Waals surface area (Å²) in [6.45, 7) is 5.57. The smallest absolute Gasteiger partial charge is 0.331 e. The highest BCUT2D eigenvalue weighted by Crippen LogP contribution is 2.28. The van der Waals surface area contributed by atoms with Crippen LogP contribution in [0.5, 0.6) is 11.5 Å². The molecule has 0 spiro atoms. The number of nitrogens with one attached hydrogen (secondary N) is 1. The lowest BCUT2D eigenvalue weighted by Gasteiger charge is -2.11.